The fourth-order valence-electron chi connectivity index (χ4n) is 1.49. The average Bonchev–Trinajstić information content (AvgIpc) is 2.69. The van der Waals surface area contributed by atoms with E-state index in [1.807, 2.05) is 20.8 Å². The molecule has 1 heterocycles. The van der Waals surface area contributed by atoms with Crippen molar-refractivity contribution in [3.05, 3.63) is 11.1 Å². The second-order valence-electron chi connectivity index (χ2n) is 5.69. The number of nitrogens with two attached hydrogens (primary N) is 1. The lowest BCUT2D eigenvalue weighted by atomic mass is 10.1. The van der Waals surface area contributed by atoms with Crippen LogP contribution in [0.2, 0.25) is 0 Å². The molecule has 1 atom stereocenters. The van der Waals surface area contributed by atoms with Gasteiger partial charge in [0.25, 0.3) is 0 Å². The number of hydrogen-bond acceptors (Lipinski definition) is 5. The highest BCUT2D eigenvalue weighted by atomic mass is 32.1. The van der Waals surface area contributed by atoms with Gasteiger partial charge in [-0.3, -0.25) is 0 Å². The molecule has 2 N–H and O–H groups in total. The summed E-state index contributed by atoms with van der Waals surface area (Å²) in [5.41, 5.74) is 5.16. The maximum Gasteiger partial charge on any atom is 0.410 e. The predicted octanol–water partition coefficient (Wildman–Crippen LogP) is 3.09. The van der Waals surface area contributed by atoms with E-state index in [0.29, 0.717) is 17.6 Å². The van der Waals surface area contributed by atoms with E-state index in [-0.39, 0.29) is 6.09 Å². The van der Waals surface area contributed by atoms with E-state index in [9.17, 15) is 4.79 Å². The van der Waals surface area contributed by atoms with Gasteiger partial charge in [0.2, 0.25) is 0 Å². The zero-order valence-corrected chi connectivity index (χ0v) is 13.1. The molecule has 1 amide bonds. The summed E-state index contributed by atoms with van der Waals surface area (Å²) in [4.78, 5) is 18.6. The highest BCUT2D eigenvalue weighted by Crippen LogP contribution is 2.26. The van der Waals surface area contributed by atoms with Crippen molar-refractivity contribution in [2.75, 3.05) is 19.3 Å². The van der Waals surface area contributed by atoms with Crippen molar-refractivity contribution < 1.29 is 9.53 Å². The molecule has 0 saturated heterocycles. The number of rotatable bonds is 4. The summed E-state index contributed by atoms with van der Waals surface area (Å²) in [5.74, 6) is 0.333. The molecular formula is C13H23N3O2S. The SMILES string of the molecule is CC(CCN(C)C(=O)OC(C)(C)C)c1cnc(N)s1. The number of anilines is 1. The number of carbonyl (C=O) groups excluding carboxylic acids is 1. The second kappa shape index (κ2) is 6.23. The Kier molecular flexibility index (Phi) is 5.17. The number of amides is 1. The molecule has 0 aliphatic carbocycles. The number of ether oxygens (including phenoxy) is 1. The molecule has 108 valence electrons. The zero-order chi connectivity index (χ0) is 14.6. The van der Waals surface area contributed by atoms with Crippen LogP contribution < -0.4 is 5.73 Å². The van der Waals surface area contributed by atoms with Crippen molar-refractivity contribution in [2.45, 2.75) is 45.6 Å². The highest BCUT2D eigenvalue weighted by molar-refractivity contribution is 7.15. The van der Waals surface area contributed by atoms with Crippen LogP contribution in [-0.4, -0.2) is 35.2 Å². The number of aromatic nitrogens is 1. The van der Waals surface area contributed by atoms with Gasteiger partial charge in [0.15, 0.2) is 5.13 Å². The average molecular weight is 285 g/mol. The number of carbonyl (C=O) groups is 1. The minimum atomic E-state index is -0.455. The standard InChI is InChI=1S/C13H23N3O2S/c1-9(10-8-15-11(14)19-10)6-7-16(5)12(17)18-13(2,3)4/h8-9H,6-7H2,1-5H3,(H2,14,15). The van der Waals surface area contributed by atoms with Crippen LogP contribution in [0, 0.1) is 0 Å². The van der Waals surface area contributed by atoms with Gasteiger partial charge < -0.3 is 15.4 Å². The van der Waals surface area contributed by atoms with E-state index in [0.717, 1.165) is 11.3 Å². The Bertz CT molecular complexity index is 426. The van der Waals surface area contributed by atoms with Crippen molar-refractivity contribution in [3.8, 4) is 0 Å². The van der Waals surface area contributed by atoms with E-state index in [2.05, 4.69) is 11.9 Å². The number of thiazole rings is 1. The van der Waals surface area contributed by atoms with Gasteiger partial charge >= 0.3 is 6.09 Å². The van der Waals surface area contributed by atoms with Gasteiger partial charge in [0.1, 0.15) is 5.60 Å². The minimum Gasteiger partial charge on any atom is -0.444 e. The van der Waals surface area contributed by atoms with E-state index in [1.54, 1.807) is 18.1 Å². The number of nitrogens with zero attached hydrogens (tertiary/aromatic N) is 2. The molecule has 0 spiro atoms. The van der Waals surface area contributed by atoms with Gasteiger partial charge in [-0.1, -0.05) is 6.92 Å². The lowest BCUT2D eigenvalue weighted by Gasteiger charge is -2.25. The smallest absolute Gasteiger partial charge is 0.410 e. The van der Waals surface area contributed by atoms with Crippen molar-refractivity contribution in [2.24, 2.45) is 0 Å². The molecule has 0 aliphatic heterocycles. The molecule has 0 saturated carbocycles. The first-order chi connectivity index (χ1) is 8.69. The first-order valence-electron chi connectivity index (χ1n) is 6.34. The van der Waals surface area contributed by atoms with E-state index < -0.39 is 5.60 Å². The summed E-state index contributed by atoms with van der Waals surface area (Å²) >= 11 is 1.50. The van der Waals surface area contributed by atoms with Crippen molar-refractivity contribution in [3.63, 3.8) is 0 Å². The molecule has 0 aromatic carbocycles. The third-order valence-electron chi connectivity index (χ3n) is 2.63. The van der Waals surface area contributed by atoms with Crippen LogP contribution in [0.15, 0.2) is 6.20 Å². The van der Waals surface area contributed by atoms with Crippen molar-refractivity contribution in [1.29, 1.82) is 0 Å². The summed E-state index contributed by atoms with van der Waals surface area (Å²) in [6, 6.07) is 0. The van der Waals surface area contributed by atoms with Crippen LogP contribution in [0.1, 0.15) is 44.9 Å². The van der Waals surface area contributed by atoms with Gasteiger partial charge in [0, 0.05) is 24.7 Å². The summed E-state index contributed by atoms with van der Waals surface area (Å²) in [5, 5.41) is 0.586. The van der Waals surface area contributed by atoms with E-state index in [4.69, 9.17) is 10.5 Å². The van der Waals surface area contributed by atoms with Crippen LogP contribution in [0.5, 0.6) is 0 Å². The Morgan fingerprint density at radius 3 is 2.68 bits per heavy atom. The summed E-state index contributed by atoms with van der Waals surface area (Å²) in [6.45, 7) is 8.34. The molecule has 5 nitrogen and oxygen atoms in total. The first kappa shape index (κ1) is 15.8. The van der Waals surface area contributed by atoms with Gasteiger partial charge in [-0.05, 0) is 33.1 Å². The zero-order valence-electron chi connectivity index (χ0n) is 12.3. The summed E-state index contributed by atoms with van der Waals surface area (Å²) in [6.07, 6.45) is 2.37. The Morgan fingerprint density at radius 2 is 2.21 bits per heavy atom. The van der Waals surface area contributed by atoms with E-state index in [1.165, 1.54) is 11.3 Å². The fraction of sp³-hybridized carbons (Fsp3) is 0.692. The quantitative estimate of drug-likeness (QED) is 0.923. The molecule has 19 heavy (non-hydrogen) atoms. The summed E-state index contributed by atoms with van der Waals surface area (Å²) < 4.78 is 5.30. The lowest BCUT2D eigenvalue weighted by Crippen LogP contribution is -2.35. The van der Waals surface area contributed by atoms with E-state index >= 15 is 0 Å². The first-order valence-corrected chi connectivity index (χ1v) is 7.16. The molecule has 0 aliphatic rings. The Labute approximate surface area is 118 Å². The van der Waals surface area contributed by atoms with Crippen LogP contribution in [0.4, 0.5) is 9.93 Å². The van der Waals surface area contributed by atoms with Crippen molar-refractivity contribution >= 4 is 22.6 Å². The van der Waals surface area contributed by atoms with Gasteiger partial charge in [-0.25, -0.2) is 9.78 Å². The number of nitrogen functional groups attached to an aromatic ring is 1. The summed E-state index contributed by atoms with van der Waals surface area (Å²) in [7, 11) is 1.75. The van der Waals surface area contributed by atoms with Crippen molar-refractivity contribution in [1.82, 2.24) is 9.88 Å². The van der Waals surface area contributed by atoms with Crippen LogP contribution in [-0.2, 0) is 4.74 Å². The molecule has 1 aromatic rings. The molecular weight excluding hydrogens is 262 g/mol. The molecule has 6 heteroatoms. The molecule has 1 rings (SSSR count). The van der Waals surface area contributed by atoms with Gasteiger partial charge in [0.05, 0.1) is 0 Å². The normalized spacial score (nSPS) is 13.1. The minimum absolute atomic E-state index is 0.288. The Morgan fingerprint density at radius 1 is 1.58 bits per heavy atom. The fourth-order valence-corrected chi connectivity index (χ4v) is 2.26. The third kappa shape index (κ3) is 5.46. The molecule has 1 aromatic heterocycles. The van der Waals surface area contributed by atoms with Crippen LogP contribution in [0.3, 0.4) is 0 Å². The van der Waals surface area contributed by atoms with Crippen LogP contribution in [0.25, 0.3) is 0 Å². The largest absolute Gasteiger partial charge is 0.444 e. The molecule has 0 radical (unpaired) electrons. The predicted molar refractivity (Wildman–Crippen MR) is 78.4 cm³/mol. The van der Waals surface area contributed by atoms with Crippen LogP contribution >= 0.6 is 11.3 Å². The van der Waals surface area contributed by atoms with Gasteiger partial charge in [-0.2, -0.15) is 0 Å². The Balaban J connectivity index is 2.41. The maximum atomic E-state index is 11.8. The molecule has 1 unspecified atom stereocenters. The Hall–Kier alpha value is -1.30. The third-order valence-corrected chi connectivity index (χ3v) is 3.69. The van der Waals surface area contributed by atoms with Gasteiger partial charge in [-0.15, -0.1) is 11.3 Å². The molecule has 0 bridgehead atoms. The second-order valence-corrected chi connectivity index (χ2v) is 6.79. The number of hydrogen-bond donors (Lipinski definition) is 1. The highest BCUT2D eigenvalue weighted by Gasteiger charge is 2.20. The maximum absolute atomic E-state index is 11.8. The topological polar surface area (TPSA) is 68.5 Å². The lowest BCUT2D eigenvalue weighted by molar-refractivity contribution is 0.0295. The monoisotopic (exact) mass is 285 g/mol. The molecule has 0 fully saturated rings.